The molecule has 0 amide bonds. The van der Waals surface area contributed by atoms with E-state index >= 15 is 0 Å². The number of nitrogens with zero attached hydrogens (tertiary/aromatic N) is 2. The molecule has 0 radical (unpaired) electrons. The van der Waals surface area contributed by atoms with E-state index in [0.717, 1.165) is 38.0 Å². The molecule has 1 heterocycles. The van der Waals surface area contributed by atoms with Crippen LogP contribution in [-0.4, -0.2) is 9.55 Å². The fraction of sp³-hybridized carbons (Fsp3) is 0.0455. The fourth-order valence-corrected chi connectivity index (χ4v) is 3.39. The SMILES string of the molecule is Clc1cccc(Cn2c(/C=C/c3ccccc3Cl)nc3ccccc32)c1. The number of aromatic nitrogens is 2. The lowest BCUT2D eigenvalue weighted by molar-refractivity contribution is 0.814. The summed E-state index contributed by atoms with van der Waals surface area (Å²) in [6, 6.07) is 23.8. The first-order valence-corrected chi connectivity index (χ1v) is 9.08. The Morgan fingerprint density at radius 1 is 0.846 bits per heavy atom. The zero-order valence-corrected chi connectivity index (χ0v) is 15.5. The maximum Gasteiger partial charge on any atom is 0.134 e. The molecule has 0 fully saturated rings. The number of fused-ring (bicyclic) bond motifs is 1. The van der Waals surface area contributed by atoms with E-state index in [1.54, 1.807) is 0 Å². The minimum absolute atomic E-state index is 0.698. The standard InChI is InChI=1S/C22H16Cl2N2/c23-18-8-5-6-16(14-18)15-26-21-11-4-3-10-20(21)25-22(26)13-12-17-7-1-2-9-19(17)24/h1-14H,15H2/b13-12+. The smallest absolute Gasteiger partial charge is 0.134 e. The average molecular weight is 379 g/mol. The lowest BCUT2D eigenvalue weighted by atomic mass is 10.2. The summed E-state index contributed by atoms with van der Waals surface area (Å²) in [5, 5.41) is 1.46. The van der Waals surface area contributed by atoms with Gasteiger partial charge < -0.3 is 4.57 Å². The molecule has 2 nitrogen and oxygen atoms in total. The third-order valence-corrected chi connectivity index (χ3v) is 4.81. The van der Waals surface area contributed by atoms with Crippen LogP contribution in [0.5, 0.6) is 0 Å². The molecule has 0 aliphatic carbocycles. The first kappa shape index (κ1) is 16.9. The number of hydrogen-bond acceptors (Lipinski definition) is 1. The van der Waals surface area contributed by atoms with Crippen molar-refractivity contribution in [2.24, 2.45) is 0 Å². The molecule has 26 heavy (non-hydrogen) atoms. The summed E-state index contributed by atoms with van der Waals surface area (Å²) in [5.74, 6) is 0.881. The van der Waals surface area contributed by atoms with Gasteiger partial charge in [-0.2, -0.15) is 0 Å². The second-order valence-electron chi connectivity index (χ2n) is 6.03. The molecule has 0 spiro atoms. The lowest BCUT2D eigenvalue weighted by Crippen LogP contribution is -2.02. The second kappa shape index (κ2) is 7.36. The normalized spacial score (nSPS) is 11.5. The van der Waals surface area contributed by atoms with Gasteiger partial charge in [-0.05, 0) is 53.6 Å². The predicted octanol–water partition coefficient (Wildman–Crippen LogP) is 6.56. The minimum Gasteiger partial charge on any atom is -0.320 e. The van der Waals surface area contributed by atoms with E-state index in [0.29, 0.717) is 6.54 Å². The minimum atomic E-state index is 0.698. The summed E-state index contributed by atoms with van der Waals surface area (Å²) in [5.41, 5.74) is 4.16. The Hall–Kier alpha value is -2.55. The van der Waals surface area contributed by atoms with Gasteiger partial charge in [0, 0.05) is 16.6 Å². The highest BCUT2D eigenvalue weighted by Crippen LogP contribution is 2.22. The van der Waals surface area contributed by atoms with Crippen molar-refractivity contribution >= 4 is 46.4 Å². The number of benzene rings is 3. The highest BCUT2D eigenvalue weighted by atomic mass is 35.5. The van der Waals surface area contributed by atoms with Crippen LogP contribution in [0.4, 0.5) is 0 Å². The molecule has 0 bridgehead atoms. The Kier molecular flexibility index (Phi) is 4.79. The van der Waals surface area contributed by atoms with Crippen LogP contribution in [0.3, 0.4) is 0 Å². The maximum atomic E-state index is 6.26. The third-order valence-electron chi connectivity index (χ3n) is 4.23. The van der Waals surface area contributed by atoms with E-state index in [1.807, 2.05) is 72.8 Å². The Morgan fingerprint density at radius 2 is 1.65 bits per heavy atom. The molecule has 0 aliphatic heterocycles. The second-order valence-corrected chi connectivity index (χ2v) is 6.87. The topological polar surface area (TPSA) is 17.8 Å². The predicted molar refractivity (Wildman–Crippen MR) is 111 cm³/mol. The van der Waals surface area contributed by atoms with Crippen LogP contribution in [0, 0.1) is 0 Å². The zero-order valence-electron chi connectivity index (χ0n) is 13.9. The Labute approximate surface area is 162 Å². The van der Waals surface area contributed by atoms with Gasteiger partial charge >= 0.3 is 0 Å². The molecule has 0 aliphatic rings. The van der Waals surface area contributed by atoms with Gasteiger partial charge in [0.15, 0.2) is 0 Å². The van der Waals surface area contributed by atoms with Gasteiger partial charge in [-0.15, -0.1) is 0 Å². The van der Waals surface area contributed by atoms with Crippen LogP contribution in [0.25, 0.3) is 23.2 Å². The highest BCUT2D eigenvalue weighted by molar-refractivity contribution is 6.32. The molecule has 4 rings (SSSR count). The third kappa shape index (κ3) is 3.52. The summed E-state index contributed by atoms with van der Waals surface area (Å²) in [4.78, 5) is 4.78. The van der Waals surface area contributed by atoms with Gasteiger partial charge in [0.25, 0.3) is 0 Å². The van der Waals surface area contributed by atoms with Crippen LogP contribution in [0.1, 0.15) is 17.0 Å². The molecule has 0 saturated carbocycles. The molecule has 0 unspecified atom stereocenters. The van der Waals surface area contributed by atoms with Crippen molar-refractivity contribution in [3.8, 4) is 0 Å². The Balaban J connectivity index is 1.78. The number of hydrogen-bond donors (Lipinski definition) is 0. The van der Waals surface area contributed by atoms with Gasteiger partial charge in [-0.1, -0.05) is 65.7 Å². The number of imidazole rings is 1. The molecule has 3 aromatic carbocycles. The quantitative estimate of drug-likeness (QED) is 0.393. The van der Waals surface area contributed by atoms with E-state index < -0.39 is 0 Å². The summed E-state index contributed by atoms with van der Waals surface area (Å²) in [6.45, 7) is 0.698. The van der Waals surface area contributed by atoms with E-state index in [4.69, 9.17) is 28.2 Å². The molecule has 4 heteroatoms. The van der Waals surface area contributed by atoms with Crippen molar-refractivity contribution in [1.29, 1.82) is 0 Å². The van der Waals surface area contributed by atoms with Crippen LogP contribution in [0.15, 0.2) is 72.8 Å². The number of para-hydroxylation sites is 2. The van der Waals surface area contributed by atoms with Gasteiger partial charge in [-0.3, -0.25) is 0 Å². The molecule has 0 atom stereocenters. The van der Waals surface area contributed by atoms with Crippen molar-refractivity contribution in [1.82, 2.24) is 9.55 Å². The van der Waals surface area contributed by atoms with E-state index in [1.165, 1.54) is 0 Å². The van der Waals surface area contributed by atoms with Crippen LogP contribution in [0.2, 0.25) is 10.0 Å². The van der Waals surface area contributed by atoms with E-state index in [9.17, 15) is 0 Å². The number of rotatable bonds is 4. The Bertz CT molecular complexity index is 1100. The molecule has 0 saturated heterocycles. The van der Waals surface area contributed by atoms with Crippen LogP contribution in [-0.2, 0) is 6.54 Å². The first-order valence-electron chi connectivity index (χ1n) is 8.33. The molecule has 0 N–H and O–H groups in total. The summed E-state index contributed by atoms with van der Waals surface area (Å²) in [6.07, 6.45) is 4.00. The average Bonchev–Trinajstić information content (AvgIpc) is 2.99. The molecule has 1 aromatic heterocycles. The van der Waals surface area contributed by atoms with Crippen LogP contribution < -0.4 is 0 Å². The van der Waals surface area contributed by atoms with Gasteiger partial charge in [0.05, 0.1) is 11.0 Å². The largest absolute Gasteiger partial charge is 0.320 e. The molecular formula is C22H16Cl2N2. The first-order chi connectivity index (χ1) is 12.7. The molecular weight excluding hydrogens is 363 g/mol. The summed E-state index contributed by atoms with van der Waals surface area (Å²) >= 11 is 12.4. The molecule has 4 aromatic rings. The van der Waals surface area contributed by atoms with Crippen molar-refractivity contribution in [3.63, 3.8) is 0 Å². The number of halogens is 2. The van der Waals surface area contributed by atoms with Crippen molar-refractivity contribution in [3.05, 3.63) is 99.8 Å². The fourth-order valence-electron chi connectivity index (χ4n) is 2.98. The highest BCUT2D eigenvalue weighted by Gasteiger charge is 2.09. The summed E-state index contributed by atoms with van der Waals surface area (Å²) in [7, 11) is 0. The Morgan fingerprint density at radius 3 is 2.50 bits per heavy atom. The van der Waals surface area contributed by atoms with Gasteiger partial charge in [-0.25, -0.2) is 4.98 Å². The van der Waals surface area contributed by atoms with E-state index in [2.05, 4.69) is 16.7 Å². The van der Waals surface area contributed by atoms with Crippen molar-refractivity contribution in [2.75, 3.05) is 0 Å². The van der Waals surface area contributed by atoms with Crippen LogP contribution >= 0.6 is 23.2 Å². The maximum absolute atomic E-state index is 6.26. The summed E-state index contributed by atoms with van der Waals surface area (Å²) < 4.78 is 2.19. The molecule has 128 valence electrons. The van der Waals surface area contributed by atoms with Crippen molar-refractivity contribution < 1.29 is 0 Å². The zero-order chi connectivity index (χ0) is 17.9. The van der Waals surface area contributed by atoms with Gasteiger partial charge in [0.2, 0.25) is 0 Å². The monoisotopic (exact) mass is 378 g/mol. The van der Waals surface area contributed by atoms with Crippen molar-refractivity contribution in [2.45, 2.75) is 6.54 Å². The van der Waals surface area contributed by atoms with E-state index in [-0.39, 0.29) is 0 Å². The lowest BCUT2D eigenvalue weighted by Gasteiger charge is -2.08. The van der Waals surface area contributed by atoms with Gasteiger partial charge in [0.1, 0.15) is 5.82 Å².